The molecule has 0 atom stereocenters. The van der Waals surface area contributed by atoms with E-state index in [0.29, 0.717) is 6.61 Å². The third kappa shape index (κ3) is 2.11. The molecule has 0 N–H and O–H groups in total. The van der Waals surface area contributed by atoms with Crippen LogP contribution in [0.15, 0.2) is 12.1 Å². The van der Waals surface area contributed by atoms with E-state index < -0.39 is 0 Å². The van der Waals surface area contributed by atoms with Gasteiger partial charge in [-0.25, -0.2) is 4.39 Å². The van der Waals surface area contributed by atoms with Crippen molar-refractivity contribution in [3.8, 4) is 5.75 Å². The molecule has 1 aliphatic heterocycles. The molecule has 1 heterocycles. The Morgan fingerprint density at radius 3 is 2.93 bits per heavy atom. The standard InChI is InChI=1S/C10H9Br2FO/c11-9(12)5-7-4-8(13)3-6-1-2-14-10(6)7/h3-4,9H,1-2,5H2. The summed E-state index contributed by atoms with van der Waals surface area (Å²) in [6.45, 7) is 0.668. The summed E-state index contributed by atoms with van der Waals surface area (Å²) in [7, 11) is 0. The first-order valence-corrected chi connectivity index (χ1v) is 6.22. The molecule has 14 heavy (non-hydrogen) atoms. The van der Waals surface area contributed by atoms with Gasteiger partial charge in [0.15, 0.2) is 0 Å². The maximum atomic E-state index is 13.2. The van der Waals surface area contributed by atoms with Gasteiger partial charge in [-0.2, -0.15) is 0 Å². The summed E-state index contributed by atoms with van der Waals surface area (Å²) in [5, 5.41) is 0. The van der Waals surface area contributed by atoms with Crippen molar-refractivity contribution in [2.75, 3.05) is 6.61 Å². The Bertz CT molecular complexity index is 352. The smallest absolute Gasteiger partial charge is 0.126 e. The molecule has 1 aromatic carbocycles. The Morgan fingerprint density at radius 2 is 2.21 bits per heavy atom. The number of rotatable bonds is 2. The number of fused-ring (bicyclic) bond motifs is 1. The summed E-state index contributed by atoms with van der Waals surface area (Å²) in [6, 6.07) is 3.10. The molecule has 4 heteroatoms. The quantitative estimate of drug-likeness (QED) is 0.758. The van der Waals surface area contributed by atoms with E-state index in [4.69, 9.17) is 4.74 Å². The van der Waals surface area contributed by atoms with Crippen LogP contribution < -0.4 is 4.74 Å². The molecule has 1 nitrogen and oxygen atoms in total. The third-order valence-corrected chi connectivity index (χ3v) is 2.85. The van der Waals surface area contributed by atoms with Crippen molar-refractivity contribution >= 4 is 31.9 Å². The Morgan fingerprint density at radius 1 is 1.43 bits per heavy atom. The normalized spacial score (nSPS) is 14.3. The number of ether oxygens (including phenoxy) is 1. The highest BCUT2D eigenvalue weighted by Gasteiger charge is 2.18. The van der Waals surface area contributed by atoms with Crippen LogP contribution in [0.1, 0.15) is 11.1 Å². The van der Waals surface area contributed by atoms with Gasteiger partial charge in [-0.1, -0.05) is 31.9 Å². The molecule has 0 bridgehead atoms. The van der Waals surface area contributed by atoms with Gasteiger partial charge in [-0.05, 0) is 24.1 Å². The lowest BCUT2D eigenvalue weighted by Crippen LogP contribution is -1.97. The zero-order valence-electron chi connectivity index (χ0n) is 7.40. The average molecular weight is 324 g/mol. The van der Waals surface area contributed by atoms with Crippen LogP contribution in [0.3, 0.4) is 0 Å². The number of halogens is 3. The fourth-order valence-corrected chi connectivity index (χ4v) is 2.36. The molecular formula is C10H9Br2FO. The molecule has 0 radical (unpaired) electrons. The molecular weight excluding hydrogens is 315 g/mol. The molecule has 0 aliphatic carbocycles. The second kappa shape index (κ2) is 4.19. The van der Waals surface area contributed by atoms with E-state index in [2.05, 4.69) is 31.9 Å². The summed E-state index contributed by atoms with van der Waals surface area (Å²) < 4.78 is 18.8. The van der Waals surface area contributed by atoms with Gasteiger partial charge in [0.05, 0.1) is 10.3 Å². The van der Waals surface area contributed by atoms with Gasteiger partial charge in [0.25, 0.3) is 0 Å². The van der Waals surface area contributed by atoms with E-state index in [0.717, 1.165) is 29.7 Å². The first-order chi connectivity index (χ1) is 6.66. The van der Waals surface area contributed by atoms with Crippen molar-refractivity contribution in [3.05, 3.63) is 29.1 Å². The van der Waals surface area contributed by atoms with Crippen molar-refractivity contribution in [2.45, 2.75) is 16.6 Å². The highest BCUT2D eigenvalue weighted by atomic mass is 79.9. The maximum Gasteiger partial charge on any atom is 0.126 e. The van der Waals surface area contributed by atoms with Crippen LogP contribution in [0.5, 0.6) is 5.75 Å². The minimum atomic E-state index is -0.176. The monoisotopic (exact) mass is 322 g/mol. The van der Waals surface area contributed by atoms with Crippen LogP contribution in [0.2, 0.25) is 0 Å². The Kier molecular flexibility index (Phi) is 3.12. The first kappa shape index (κ1) is 10.4. The van der Waals surface area contributed by atoms with Gasteiger partial charge in [0.1, 0.15) is 11.6 Å². The summed E-state index contributed by atoms with van der Waals surface area (Å²) in [4.78, 5) is 0. The lowest BCUT2D eigenvalue weighted by Gasteiger charge is -2.08. The Labute approximate surface area is 98.9 Å². The van der Waals surface area contributed by atoms with Gasteiger partial charge >= 0.3 is 0 Å². The maximum absolute atomic E-state index is 13.2. The van der Waals surface area contributed by atoms with Crippen LogP contribution >= 0.6 is 31.9 Å². The number of alkyl halides is 2. The molecule has 2 rings (SSSR count). The van der Waals surface area contributed by atoms with E-state index >= 15 is 0 Å². The topological polar surface area (TPSA) is 9.23 Å². The summed E-state index contributed by atoms with van der Waals surface area (Å²) in [5.74, 6) is 0.695. The minimum Gasteiger partial charge on any atom is -0.493 e. The third-order valence-electron chi connectivity index (χ3n) is 2.20. The minimum absolute atomic E-state index is 0.157. The molecule has 0 saturated heterocycles. The van der Waals surface area contributed by atoms with Crippen molar-refractivity contribution < 1.29 is 9.13 Å². The first-order valence-electron chi connectivity index (χ1n) is 4.39. The molecule has 0 aromatic heterocycles. The Balaban J connectivity index is 2.38. The second-order valence-corrected chi connectivity index (χ2v) is 6.69. The predicted molar refractivity (Wildman–Crippen MR) is 60.9 cm³/mol. The number of hydrogen-bond acceptors (Lipinski definition) is 1. The number of benzene rings is 1. The lowest BCUT2D eigenvalue weighted by molar-refractivity contribution is 0.353. The molecule has 0 spiro atoms. The Hall–Kier alpha value is -0.0900. The van der Waals surface area contributed by atoms with Crippen LogP contribution in [0.25, 0.3) is 0 Å². The van der Waals surface area contributed by atoms with E-state index in [-0.39, 0.29) is 9.55 Å². The van der Waals surface area contributed by atoms with Crippen molar-refractivity contribution in [1.82, 2.24) is 0 Å². The van der Waals surface area contributed by atoms with Crippen molar-refractivity contribution in [3.63, 3.8) is 0 Å². The molecule has 0 fully saturated rings. The molecule has 1 aliphatic rings. The molecule has 1 aromatic rings. The molecule has 0 saturated carbocycles. The average Bonchev–Trinajstić information content (AvgIpc) is 2.50. The van der Waals surface area contributed by atoms with Crippen LogP contribution in [0, 0.1) is 5.82 Å². The van der Waals surface area contributed by atoms with Gasteiger partial charge in [-0.15, -0.1) is 0 Å². The fourth-order valence-electron chi connectivity index (χ4n) is 1.66. The number of hydrogen-bond donors (Lipinski definition) is 0. The van der Waals surface area contributed by atoms with E-state index in [1.54, 1.807) is 12.1 Å². The lowest BCUT2D eigenvalue weighted by atomic mass is 10.1. The fraction of sp³-hybridized carbons (Fsp3) is 0.400. The predicted octanol–water partition coefficient (Wildman–Crippen LogP) is 3.42. The summed E-state index contributed by atoms with van der Waals surface area (Å²) in [6.07, 6.45) is 1.54. The van der Waals surface area contributed by atoms with Gasteiger partial charge < -0.3 is 4.74 Å². The summed E-state index contributed by atoms with van der Waals surface area (Å²) in [5.41, 5.74) is 1.91. The highest BCUT2D eigenvalue weighted by Crippen LogP contribution is 2.33. The van der Waals surface area contributed by atoms with Gasteiger partial charge in [0.2, 0.25) is 0 Å². The van der Waals surface area contributed by atoms with Crippen molar-refractivity contribution in [2.24, 2.45) is 0 Å². The van der Waals surface area contributed by atoms with Crippen LogP contribution in [-0.2, 0) is 12.8 Å². The van der Waals surface area contributed by atoms with Crippen LogP contribution in [-0.4, -0.2) is 10.3 Å². The zero-order valence-corrected chi connectivity index (χ0v) is 10.6. The van der Waals surface area contributed by atoms with Crippen molar-refractivity contribution in [1.29, 1.82) is 0 Å². The SMILES string of the molecule is Fc1cc2c(c(CC(Br)Br)c1)OCC2. The van der Waals surface area contributed by atoms with E-state index in [9.17, 15) is 4.39 Å². The van der Waals surface area contributed by atoms with E-state index in [1.807, 2.05) is 0 Å². The second-order valence-electron chi connectivity index (χ2n) is 3.25. The largest absolute Gasteiger partial charge is 0.493 e. The molecule has 76 valence electrons. The van der Waals surface area contributed by atoms with Gasteiger partial charge in [0, 0.05) is 12.0 Å². The molecule has 0 amide bonds. The van der Waals surface area contributed by atoms with Crippen LogP contribution in [0.4, 0.5) is 4.39 Å². The molecule has 0 unspecified atom stereocenters. The summed E-state index contributed by atoms with van der Waals surface area (Å²) >= 11 is 6.77. The highest BCUT2D eigenvalue weighted by molar-refractivity contribution is 9.24. The van der Waals surface area contributed by atoms with Gasteiger partial charge in [-0.3, -0.25) is 0 Å². The van der Waals surface area contributed by atoms with E-state index in [1.165, 1.54) is 0 Å². The zero-order chi connectivity index (χ0) is 10.1.